The molecule has 0 bridgehead atoms. The van der Waals surface area contributed by atoms with Crippen LogP contribution < -0.4 is 19.9 Å². The zero-order valence-electron chi connectivity index (χ0n) is 12.8. The summed E-state index contributed by atoms with van der Waals surface area (Å²) in [6, 6.07) is 13.2. The molecule has 1 fully saturated rings. The summed E-state index contributed by atoms with van der Waals surface area (Å²) in [7, 11) is 3.12. The third-order valence-electron chi connectivity index (χ3n) is 3.69. The van der Waals surface area contributed by atoms with Gasteiger partial charge < -0.3 is 9.47 Å². The van der Waals surface area contributed by atoms with Gasteiger partial charge in [0.05, 0.1) is 19.9 Å². The molecule has 1 heterocycles. The van der Waals surface area contributed by atoms with Gasteiger partial charge >= 0.3 is 5.91 Å². The Hall–Kier alpha value is -2.86. The average molecular weight is 312 g/mol. The van der Waals surface area contributed by atoms with E-state index < -0.39 is 17.7 Å². The molecule has 1 amide bonds. The van der Waals surface area contributed by atoms with Crippen molar-refractivity contribution in [3.63, 3.8) is 0 Å². The quantitative estimate of drug-likeness (QED) is 0.873. The molecule has 1 atom stereocenters. The first-order valence-electron chi connectivity index (χ1n) is 7.06. The van der Waals surface area contributed by atoms with E-state index in [1.54, 1.807) is 62.8 Å². The topological polar surface area (TPSA) is 67.9 Å². The van der Waals surface area contributed by atoms with E-state index in [1.165, 1.54) is 5.01 Å². The van der Waals surface area contributed by atoms with E-state index in [2.05, 4.69) is 5.43 Å². The Morgan fingerprint density at radius 3 is 2.30 bits per heavy atom. The van der Waals surface area contributed by atoms with Crippen LogP contribution >= 0.6 is 0 Å². The molecule has 1 unspecified atom stereocenters. The summed E-state index contributed by atoms with van der Waals surface area (Å²) < 4.78 is 10.3. The Labute approximate surface area is 133 Å². The third-order valence-corrected chi connectivity index (χ3v) is 3.69. The fourth-order valence-electron chi connectivity index (χ4n) is 2.45. The number of ether oxygens (including phenoxy) is 2. The Kier molecular flexibility index (Phi) is 3.99. The molecule has 0 aromatic heterocycles. The zero-order chi connectivity index (χ0) is 16.4. The lowest BCUT2D eigenvalue weighted by atomic mass is 10.0. The zero-order valence-corrected chi connectivity index (χ0v) is 12.8. The van der Waals surface area contributed by atoms with Gasteiger partial charge in [0.25, 0.3) is 0 Å². The molecule has 0 aliphatic carbocycles. The molecule has 0 radical (unpaired) electrons. The van der Waals surface area contributed by atoms with Crippen molar-refractivity contribution in [2.75, 3.05) is 19.2 Å². The van der Waals surface area contributed by atoms with E-state index in [1.807, 2.05) is 0 Å². The van der Waals surface area contributed by atoms with Gasteiger partial charge in [0.2, 0.25) is 5.78 Å². The second-order valence-electron chi connectivity index (χ2n) is 5.04. The Morgan fingerprint density at radius 1 is 0.957 bits per heavy atom. The van der Waals surface area contributed by atoms with Crippen molar-refractivity contribution in [3.05, 3.63) is 54.1 Å². The van der Waals surface area contributed by atoms with E-state index in [-0.39, 0.29) is 0 Å². The van der Waals surface area contributed by atoms with Gasteiger partial charge in [-0.3, -0.25) is 9.59 Å². The molecule has 1 N–H and O–H groups in total. The number of Topliss-reactive ketones (excluding diaryl/α,β-unsaturated/α-hetero) is 1. The first-order chi connectivity index (χ1) is 11.1. The van der Waals surface area contributed by atoms with Crippen molar-refractivity contribution >= 4 is 17.4 Å². The highest BCUT2D eigenvalue weighted by Gasteiger charge is 2.40. The standard InChI is InChI=1S/C17H16N2O4/c1-22-13-8-6-12(7-9-13)19-17(21)16(20)15(18-19)11-4-3-5-14(10-11)23-2/h3-10,15,18H,1-2H3. The van der Waals surface area contributed by atoms with Crippen molar-refractivity contribution in [1.82, 2.24) is 5.43 Å². The molecule has 2 aromatic carbocycles. The number of anilines is 1. The van der Waals surface area contributed by atoms with Crippen molar-refractivity contribution in [2.24, 2.45) is 0 Å². The van der Waals surface area contributed by atoms with Crippen LogP contribution in [0, 0.1) is 0 Å². The Bertz CT molecular complexity index is 743. The highest BCUT2D eigenvalue weighted by molar-refractivity contribution is 6.45. The second kappa shape index (κ2) is 6.10. The summed E-state index contributed by atoms with van der Waals surface area (Å²) in [5.41, 5.74) is 4.21. The van der Waals surface area contributed by atoms with Gasteiger partial charge in [-0.15, -0.1) is 0 Å². The van der Waals surface area contributed by atoms with Crippen molar-refractivity contribution in [2.45, 2.75) is 6.04 Å². The lowest BCUT2D eigenvalue weighted by Gasteiger charge is -2.17. The number of nitrogens with one attached hydrogen (secondary N) is 1. The monoisotopic (exact) mass is 312 g/mol. The van der Waals surface area contributed by atoms with Gasteiger partial charge in [0.15, 0.2) is 0 Å². The Balaban J connectivity index is 1.88. The van der Waals surface area contributed by atoms with Crippen LogP contribution in [0.4, 0.5) is 5.69 Å². The molecule has 23 heavy (non-hydrogen) atoms. The predicted molar refractivity (Wildman–Crippen MR) is 84.4 cm³/mol. The number of hydrogen-bond donors (Lipinski definition) is 1. The molecule has 1 saturated heterocycles. The average Bonchev–Trinajstić information content (AvgIpc) is 2.90. The minimum atomic E-state index is -0.722. The van der Waals surface area contributed by atoms with Crippen LogP contribution in [0.15, 0.2) is 48.5 Å². The highest BCUT2D eigenvalue weighted by atomic mass is 16.5. The maximum Gasteiger partial charge on any atom is 0.310 e. The molecule has 6 heteroatoms. The second-order valence-corrected chi connectivity index (χ2v) is 5.04. The maximum atomic E-state index is 12.3. The first-order valence-corrected chi connectivity index (χ1v) is 7.06. The molecule has 1 aliphatic heterocycles. The summed E-state index contributed by atoms with van der Waals surface area (Å²) in [6.07, 6.45) is 0. The van der Waals surface area contributed by atoms with Gasteiger partial charge in [-0.25, -0.2) is 10.4 Å². The fourth-order valence-corrected chi connectivity index (χ4v) is 2.45. The van der Waals surface area contributed by atoms with Gasteiger partial charge in [0, 0.05) is 0 Å². The first kappa shape index (κ1) is 15.1. The molecule has 118 valence electrons. The van der Waals surface area contributed by atoms with E-state index in [0.717, 1.165) is 0 Å². The van der Waals surface area contributed by atoms with E-state index in [9.17, 15) is 9.59 Å². The number of hydrogen-bond acceptors (Lipinski definition) is 5. The number of amides is 1. The van der Waals surface area contributed by atoms with Crippen LogP contribution in [0.1, 0.15) is 11.6 Å². The van der Waals surface area contributed by atoms with Gasteiger partial charge in [-0.05, 0) is 42.0 Å². The number of ketones is 1. The van der Waals surface area contributed by atoms with Gasteiger partial charge in [-0.2, -0.15) is 0 Å². The summed E-state index contributed by atoms with van der Waals surface area (Å²) in [5, 5.41) is 1.26. The summed E-state index contributed by atoms with van der Waals surface area (Å²) in [6.45, 7) is 0. The smallest absolute Gasteiger partial charge is 0.310 e. The van der Waals surface area contributed by atoms with Crippen LogP contribution in [-0.4, -0.2) is 25.9 Å². The Morgan fingerprint density at radius 2 is 1.65 bits per heavy atom. The van der Waals surface area contributed by atoms with Gasteiger partial charge in [-0.1, -0.05) is 12.1 Å². The van der Waals surface area contributed by atoms with E-state index >= 15 is 0 Å². The van der Waals surface area contributed by atoms with Crippen LogP contribution in [0.2, 0.25) is 0 Å². The lowest BCUT2D eigenvalue weighted by Crippen LogP contribution is -2.35. The SMILES string of the molecule is COc1ccc(N2NC(c3cccc(OC)c3)C(=O)C2=O)cc1. The number of benzene rings is 2. The molecule has 0 spiro atoms. The molecule has 1 aliphatic rings. The van der Waals surface area contributed by atoms with Gasteiger partial charge in [0.1, 0.15) is 17.5 Å². The minimum Gasteiger partial charge on any atom is -0.497 e. The lowest BCUT2D eigenvalue weighted by molar-refractivity contribution is -0.134. The summed E-state index contributed by atoms with van der Waals surface area (Å²) in [4.78, 5) is 24.5. The fraction of sp³-hybridized carbons (Fsp3) is 0.176. The number of carbonyl (C=O) groups is 2. The molecular formula is C17H16N2O4. The summed E-state index contributed by atoms with van der Waals surface area (Å²) >= 11 is 0. The number of hydrazine groups is 1. The molecule has 0 saturated carbocycles. The molecule has 3 rings (SSSR count). The van der Waals surface area contributed by atoms with Crippen molar-refractivity contribution in [1.29, 1.82) is 0 Å². The molecular weight excluding hydrogens is 296 g/mol. The minimum absolute atomic E-state index is 0.505. The molecule has 2 aromatic rings. The third kappa shape index (κ3) is 2.76. The van der Waals surface area contributed by atoms with E-state index in [4.69, 9.17) is 9.47 Å². The van der Waals surface area contributed by atoms with E-state index in [0.29, 0.717) is 22.7 Å². The van der Waals surface area contributed by atoms with Crippen LogP contribution in [0.5, 0.6) is 11.5 Å². The van der Waals surface area contributed by atoms with Crippen LogP contribution in [0.3, 0.4) is 0 Å². The summed E-state index contributed by atoms with van der Waals surface area (Å²) in [5.74, 6) is 0.209. The van der Waals surface area contributed by atoms with Crippen LogP contribution in [0.25, 0.3) is 0 Å². The number of methoxy groups -OCH3 is 2. The van der Waals surface area contributed by atoms with Crippen molar-refractivity contribution < 1.29 is 19.1 Å². The largest absolute Gasteiger partial charge is 0.497 e. The number of nitrogens with zero attached hydrogens (tertiary/aromatic N) is 1. The van der Waals surface area contributed by atoms with Crippen molar-refractivity contribution in [3.8, 4) is 11.5 Å². The van der Waals surface area contributed by atoms with Crippen LogP contribution in [-0.2, 0) is 9.59 Å². The normalized spacial score (nSPS) is 17.5. The number of rotatable bonds is 4. The number of carbonyl (C=O) groups excluding carboxylic acids is 2. The highest BCUT2D eigenvalue weighted by Crippen LogP contribution is 2.28. The molecule has 6 nitrogen and oxygen atoms in total. The predicted octanol–water partition coefficient (Wildman–Crippen LogP) is 1.87. The maximum absolute atomic E-state index is 12.3.